The van der Waals surface area contributed by atoms with Gasteiger partial charge in [0.25, 0.3) is 0 Å². The van der Waals surface area contributed by atoms with Crippen LogP contribution in [0, 0.1) is 6.92 Å². The molecule has 0 nitrogen and oxygen atoms in total. The third-order valence-corrected chi connectivity index (χ3v) is 7.72. The van der Waals surface area contributed by atoms with Crippen molar-refractivity contribution < 1.29 is 13.2 Å². The van der Waals surface area contributed by atoms with E-state index in [1.54, 1.807) is 6.92 Å². The number of alkyl halides is 3. The smallest absolute Gasteiger partial charge is 0.166 e. The van der Waals surface area contributed by atoms with E-state index in [0.29, 0.717) is 10.5 Å². The fourth-order valence-corrected chi connectivity index (χ4v) is 5.80. The van der Waals surface area contributed by atoms with Crippen LogP contribution >= 0.6 is 0 Å². The number of halogens is 3. The third kappa shape index (κ3) is 5.58. The van der Waals surface area contributed by atoms with Gasteiger partial charge in [0.1, 0.15) is 0 Å². The van der Waals surface area contributed by atoms with E-state index < -0.39 is 22.6 Å². The van der Waals surface area contributed by atoms with Crippen molar-refractivity contribution in [1.29, 1.82) is 0 Å². The standard InChI is InChI=1S/C28H32F3S/c1-19-16-22(28(29,30)31)18-25(17-19)32(23-12-8-20(9-13-23)26(2,3)4)24-14-10-21(11-15-24)27(5,6)7/h8-18H,1-7H3/q+1. The van der Waals surface area contributed by atoms with Gasteiger partial charge < -0.3 is 0 Å². The Morgan fingerprint density at radius 2 is 0.938 bits per heavy atom. The van der Waals surface area contributed by atoms with Gasteiger partial charge in [-0.25, -0.2) is 0 Å². The highest BCUT2D eigenvalue weighted by Crippen LogP contribution is 2.38. The molecule has 0 saturated heterocycles. The lowest BCUT2D eigenvalue weighted by molar-refractivity contribution is -0.137. The summed E-state index contributed by atoms with van der Waals surface area (Å²) in [6.07, 6.45) is -4.37. The molecule has 0 saturated carbocycles. The maximum atomic E-state index is 13.6. The van der Waals surface area contributed by atoms with Crippen LogP contribution in [0.2, 0.25) is 0 Å². The summed E-state index contributed by atoms with van der Waals surface area (Å²) < 4.78 is 40.8. The zero-order valence-corrected chi connectivity index (χ0v) is 20.7. The molecule has 0 heterocycles. The molecule has 0 N–H and O–H groups in total. The van der Waals surface area contributed by atoms with Crippen LogP contribution in [0.3, 0.4) is 0 Å². The summed E-state index contributed by atoms with van der Waals surface area (Å²) in [7, 11) is -0.640. The van der Waals surface area contributed by atoms with E-state index in [1.165, 1.54) is 23.3 Å². The summed E-state index contributed by atoms with van der Waals surface area (Å²) in [6.45, 7) is 14.7. The number of hydrogen-bond acceptors (Lipinski definition) is 0. The highest BCUT2D eigenvalue weighted by Gasteiger charge is 2.36. The molecule has 3 aromatic rings. The molecule has 0 bridgehead atoms. The normalized spacial score (nSPS) is 13.0. The molecule has 3 rings (SSSR count). The summed E-state index contributed by atoms with van der Waals surface area (Å²) in [5.74, 6) is 0. The summed E-state index contributed by atoms with van der Waals surface area (Å²) in [5.41, 5.74) is 2.45. The molecule has 170 valence electrons. The van der Waals surface area contributed by atoms with Crippen molar-refractivity contribution in [2.24, 2.45) is 0 Å². The van der Waals surface area contributed by atoms with Crippen molar-refractivity contribution in [3.05, 3.63) is 89.0 Å². The van der Waals surface area contributed by atoms with Gasteiger partial charge in [-0.2, -0.15) is 13.2 Å². The SMILES string of the molecule is Cc1cc([S+](c2ccc(C(C)(C)C)cc2)c2ccc(C(C)(C)C)cc2)cc(C(F)(F)F)c1. The summed E-state index contributed by atoms with van der Waals surface area (Å²) in [5, 5.41) is 0. The molecule has 0 atom stereocenters. The molecule has 3 aromatic carbocycles. The van der Waals surface area contributed by atoms with Crippen LogP contribution in [0.1, 0.15) is 63.8 Å². The van der Waals surface area contributed by atoms with E-state index in [9.17, 15) is 13.2 Å². The average molecular weight is 458 g/mol. The second-order valence-electron chi connectivity index (χ2n) is 10.4. The first-order chi connectivity index (χ1) is 14.7. The molecule has 0 aliphatic rings. The highest BCUT2D eigenvalue weighted by molar-refractivity contribution is 7.97. The molecule has 0 amide bonds. The molecule has 32 heavy (non-hydrogen) atoms. The van der Waals surface area contributed by atoms with Crippen molar-refractivity contribution in [2.75, 3.05) is 0 Å². The molecular weight excluding hydrogens is 425 g/mol. The number of aryl methyl sites for hydroxylation is 1. The van der Waals surface area contributed by atoms with Gasteiger partial charge in [0.05, 0.1) is 16.5 Å². The first-order valence-corrected chi connectivity index (χ1v) is 12.0. The molecule has 0 unspecified atom stereocenters. The monoisotopic (exact) mass is 457 g/mol. The summed E-state index contributed by atoms with van der Waals surface area (Å²) in [6, 6.07) is 21.1. The van der Waals surface area contributed by atoms with Crippen LogP contribution in [0.15, 0.2) is 81.4 Å². The van der Waals surface area contributed by atoms with Gasteiger partial charge in [-0.1, -0.05) is 65.8 Å². The van der Waals surface area contributed by atoms with Crippen LogP contribution in [0.25, 0.3) is 0 Å². The number of hydrogen-bond donors (Lipinski definition) is 0. The van der Waals surface area contributed by atoms with Crippen molar-refractivity contribution in [3.8, 4) is 0 Å². The van der Waals surface area contributed by atoms with Gasteiger partial charge >= 0.3 is 6.18 Å². The quantitative estimate of drug-likeness (QED) is 0.345. The molecule has 0 radical (unpaired) electrons. The summed E-state index contributed by atoms with van der Waals surface area (Å²) in [4.78, 5) is 2.71. The van der Waals surface area contributed by atoms with Gasteiger partial charge in [0.15, 0.2) is 14.7 Å². The van der Waals surface area contributed by atoms with E-state index in [2.05, 4.69) is 90.1 Å². The Balaban J connectivity index is 2.18. The zero-order chi connectivity index (χ0) is 23.9. The lowest BCUT2D eigenvalue weighted by atomic mass is 9.87. The minimum Gasteiger partial charge on any atom is -0.166 e. The van der Waals surface area contributed by atoms with E-state index >= 15 is 0 Å². The number of benzene rings is 3. The Labute approximate surface area is 193 Å². The fraction of sp³-hybridized carbons (Fsp3) is 0.357. The molecule has 0 aliphatic heterocycles. The minimum absolute atomic E-state index is 0.0122. The number of rotatable bonds is 3. The van der Waals surface area contributed by atoms with Crippen LogP contribution in [0.4, 0.5) is 13.2 Å². The van der Waals surface area contributed by atoms with Crippen molar-refractivity contribution in [1.82, 2.24) is 0 Å². The minimum atomic E-state index is -4.37. The van der Waals surface area contributed by atoms with E-state index in [-0.39, 0.29) is 10.8 Å². The summed E-state index contributed by atoms with van der Waals surface area (Å²) >= 11 is 0. The Kier molecular flexibility index (Phi) is 6.59. The second-order valence-corrected chi connectivity index (χ2v) is 12.4. The Morgan fingerprint density at radius 3 is 1.28 bits per heavy atom. The lowest BCUT2D eigenvalue weighted by Crippen LogP contribution is -2.13. The predicted octanol–water partition coefficient (Wildman–Crippen LogP) is 8.70. The van der Waals surface area contributed by atoms with Crippen LogP contribution in [-0.4, -0.2) is 0 Å². The Morgan fingerprint density at radius 1 is 0.531 bits per heavy atom. The molecule has 0 spiro atoms. The van der Waals surface area contributed by atoms with Gasteiger partial charge in [-0.3, -0.25) is 0 Å². The van der Waals surface area contributed by atoms with Crippen molar-refractivity contribution in [3.63, 3.8) is 0 Å². The first-order valence-electron chi connectivity index (χ1n) is 10.8. The second kappa shape index (κ2) is 8.62. The molecule has 0 aromatic heterocycles. The van der Waals surface area contributed by atoms with Crippen LogP contribution in [-0.2, 0) is 27.9 Å². The van der Waals surface area contributed by atoms with Crippen molar-refractivity contribution in [2.45, 2.75) is 80.2 Å². The Bertz CT molecular complexity index is 1010. The van der Waals surface area contributed by atoms with Gasteiger partial charge in [0.2, 0.25) is 0 Å². The molecule has 4 heteroatoms. The largest absolute Gasteiger partial charge is 0.416 e. The molecule has 0 fully saturated rings. The predicted molar refractivity (Wildman–Crippen MR) is 129 cm³/mol. The topological polar surface area (TPSA) is 0 Å². The maximum absolute atomic E-state index is 13.6. The maximum Gasteiger partial charge on any atom is 0.416 e. The zero-order valence-electron chi connectivity index (χ0n) is 19.9. The Hall–Kier alpha value is -2.20. The van der Waals surface area contributed by atoms with E-state index in [1.807, 2.05) is 6.07 Å². The van der Waals surface area contributed by atoms with Crippen molar-refractivity contribution >= 4 is 10.9 Å². The highest BCUT2D eigenvalue weighted by atomic mass is 32.2. The van der Waals surface area contributed by atoms with Gasteiger partial charge in [0, 0.05) is 6.07 Å². The van der Waals surface area contributed by atoms with Gasteiger partial charge in [-0.05, 0) is 70.8 Å². The first kappa shape index (κ1) is 24.4. The van der Waals surface area contributed by atoms with Crippen LogP contribution in [0.5, 0.6) is 0 Å². The lowest BCUT2D eigenvalue weighted by Gasteiger charge is -2.20. The van der Waals surface area contributed by atoms with Gasteiger partial charge in [-0.15, -0.1) is 0 Å². The molecule has 0 aliphatic carbocycles. The van der Waals surface area contributed by atoms with E-state index in [4.69, 9.17) is 0 Å². The third-order valence-electron chi connectivity index (χ3n) is 5.53. The van der Waals surface area contributed by atoms with Crippen LogP contribution < -0.4 is 0 Å². The molecular formula is C28H32F3S+. The fourth-order valence-electron chi connectivity index (χ4n) is 3.62. The van der Waals surface area contributed by atoms with E-state index in [0.717, 1.165) is 9.79 Å². The average Bonchev–Trinajstić information content (AvgIpc) is 2.66.